The third-order valence-electron chi connectivity index (χ3n) is 5.15. The van der Waals surface area contributed by atoms with Crippen molar-refractivity contribution in [3.8, 4) is 0 Å². The topological polar surface area (TPSA) is 55.9 Å². The summed E-state index contributed by atoms with van der Waals surface area (Å²) in [5, 5.41) is 3.30. The molecule has 3 heterocycles. The van der Waals surface area contributed by atoms with E-state index in [-0.39, 0.29) is 17.7 Å². The number of rotatable bonds is 3. The van der Waals surface area contributed by atoms with Gasteiger partial charge in [0.1, 0.15) is 0 Å². The minimum absolute atomic E-state index is 0.139. The maximum Gasteiger partial charge on any atom is 0.236 e. The van der Waals surface area contributed by atoms with Gasteiger partial charge in [0.2, 0.25) is 11.8 Å². The van der Waals surface area contributed by atoms with Crippen LogP contribution >= 0.6 is 0 Å². The first-order valence-corrected chi connectivity index (χ1v) is 8.73. The van der Waals surface area contributed by atoms with Crippen molar-refractivity contribution in [3.63, 3.8) is 0 Å². The Morgan fingerprint density at radius 1 is 0.909 bits per heavy atom. The molecule has 3 rings (SSSR count). The van der Waals surface area contributed by atoms with Crippen molar-refractivity contribution < 1.29 is 9.59 Å². The van der Waals surface area contributed by atoms with Gasteiger partial charge < -0.3 is 15.1 Å². The second kappa shape index (κ2) is 7.42. The standard InChI is InChI=1S/C16H28N4O2/c21-15(13-18-6-1-2-7-18)19-8-10-20(11-9-19)16(22)14-4-3-5-17-12-14/h14,17H,1-13H2. The Labute approximate surface area is 132 Å². The largest absolute Gasteiger partial charge is 0.339 e. The number of piperidine rings is 1. The number of nitrogens with one attached hydrogen (secondary N) is 1. The molecule has 124 valence electrons. The highest BCUT2D eigenvalue weighted by atomic mass is 16.2. The number of hydrogen-bond acceptors (Lipinski definition) is 4. The molecule has 1 unspecified atom stereocenters. The van der Waals surface area contributed by atoms with Crippen molar-refractivity contribution in [3.05, 3.63) is 0 Å². The number of carbonyl (C=O) groups is 2. The fourth-order valence-electron chi connectivity index (χ4n) is 3.73. The smallest absolute Gasteiger partial charge is 0.236 e. The summed E-state index contributed by atoms with van der Waals surface area (Å²) in [6, 6.07) is 0. The summed E-state index contributed by atoms with van der Waals surface area (Å²) in [4.78, 5) is 30.9. The predicted octanol–water partition coefficient (Wildman–Crippen LogP) is -0.247. The van der Waals surface area contributed by atoms with E-state index in [0.717, 1.165) is 39.0 Å². The van der Waals surface area contributed by atoms with Gasteiger partial charge in [0.05, 0.1) is 12.5 Å². The number of piperazine rings is 1. The summed E-state index contributed by atoms with van der Waals surface area (Å²) < 4.78 is 0. The predicted molar refractivity (Wildman–Crippen MR) is 84.4 cm³/mol. The zero-order valence-electron chi connectivity index (χ0n) is 13.4. The lowest BCUT2D eigenvalue weighted by Crippen LogP contribution is -2.54. The number of carbonyl (C=O) groups excluding carboxylic acids is 2. The fraction of sp³-hybridized carbons (Fsp3) is 0.875. The molecular formula is C16H28N4O2. The number of likely N-dealkylation sites (tertiary alicyclic amines) is 1. The highest BCUT2D eigenvalue weighted by Gasteiger charge is 2.30. The molecule has 0 aromatic heterocycles. The Morgan fingerprint density at radius 2 is 1.59 bits per heavy atom. The molecule has 0 aliphatic carbocycles. The van der Waals surface area contributed by atoms with Gasteiger partial charge in [-0.1, -0.05) is 0 Å². The average Bonchev–Trinajstić information content (AvgIpc) is 3.08. The van der Waals surface area contributed by atoms with Gasteiger partial charge in [0.25, 0.3) is 0 Å². The SMILES string of the molecule is O=C(CN1CCCC1)N1CCN(C(=O)C2CCCNC2)CC1. The Morgan fingerprint density at radius 3 is 2.23 bits per heavy atom. The molecule has 1 atom stereocenters. The first kappa shape index (κ1) is 15.7. The van der Waals surface area contributed by atoms with E-state index in [4.69, 9.17) is 0 Å². The van der Waals surface area contributed by atoms with Gasteiger partial charge in [-0.05, 0) is 45.3 Å². The van der Waals surface area contributed by atoms with E-state index in [0.29, 0.717) is 32.7 Å². The molecule has 2 amide bonds. The van der Waals surface area contributed by atoms with Crippen molar-refractivity contribution in [2.24, 2.45) is 5.92 Å². The maximum absolute atomic E-state index is 12.5. The van der Waals surface area contributed by atoms with E-state index in [1.165, 1.54) is 12.8 Å². The Balaban J connectivity index is 1.43. The van der Waals surface area contributed by atoms with E-state index in [9.17, 15) is 9.59 Å². The lowest BCUT2D eigenvalue weighted by atomic mass is 9.98. The highest BCUT2D eigenvalue weighted by Crippen LogP contribution is 2.15. The van der Waals surface area contributed by atoms with Crippen LogP contribution in [0.15, 0.2) is 0 Å². The van der Waals surface area contributed by atoms with Gasteiger partial charge in [0.15, 0.2) is 0 Å². The van der Waals surface area contributed by atoms with Gasteiger partial charge >= 0.3 is 0 Å². The van der Waals surface area contributed by atoms with Gasteiger partial charge in [-0.25, -0.2) is 0 Å². The van der Waals surface area contributed by atoms with Gasteiger partial charge in [-0.3, -0.25) is 14.5 Å². The first-order chi connectivity index (χ1) is 10.7. The van der Waals surface area contributed by atoms with Gasteiger partial charge in [-0.15, -0.1) is 0 Å². The normalized spacial score (nSPS) is 27.2. The monoisotopic (exact) mass is 308 g/mol. The molecule has 3 fully saturated rings. The van der Waals surface area contributed by atoms with Crippen LogP contribution < -0.4 is 5.32 Å². The van der Waals surface area contributed by atoms with Crippen molar-refractivity contribution in [2.45, 2.75) is 25.7 Å². The third kappa shape index (κ3) is 3.79. The maximum atomic E-state index is 12.5. The second-order valence-corrected chi connectivity index (χ2v) is 6.73. The molecule has 6 heteroatoms. The van der Waals surface area contributed by atoms with Crippen LogP contribution in [0.2, 0.25) is 0 Å². The van der Waals surface area contributed by atoms with Gasteiger partial charge in [-0.2, -0.15) is 0 Å². The van der Waals surface area contributed by atoms with E-state index in [1.54, 1.807) is 0 Å². The molecule has 0 radical (unpaired) electrons. The Bertz CT molecular complexity index is 395. The van der Waals surface area contributed by atoms with Crippen LogP contribution in [0.5, 0.6) is 0 Å². The quantitative estimate of drug-likeness (QED) is 0.781. The Kier molecular flexibility index (Phi) is 5.31. The summed E-state index contributed by atoms with van der Waals surface area (Å²) in [5.41, 5.74) is 0. The van der Waals surface area contributed by atoms with Crippen LogP contribution in [-0.4, -0.2) is 85.4 Å². The molecule has 22 heavy (non-hydrogen) atoms. The number of hydrogen-bond donors (Lipinski definition) is 1. The fourth-order valence-corrected chi connectivity index (χ4v) is 3.73. The lowest BCUT2D eigenvalue weighted by Gasteiger charge is -2.37. The highest BCUT2D eigenvalue weighted by molar-refractivity contribution is 5.81. The summed E-state index contributed by atoms with van der Waals surface area (Å²) in [7, 11) is 0. The average molecular weight is 308 g/mol. The summed E-state index contributed by atoms with van der Waals surface area (Å²) in [6.07, 6.45) is 4.51. The van der Waals surface area contributed by atoms with E-state index >= 15 is 0 Å². The molecule has 3 aliphatic rings. The second-order valence-electron chi connectivity index (χ2n) is 6.73. The minimum atomic E-state index is 0.139. The molecule has 0 spiro atoms. The number of amides is 2. The van der Waals surface area contributed by atoms with Crippen LogP contribution in [0.25, 0.3) is 0 Å². The molecular weight excluding hydrogens is 280 g/mol. The van der Waals surface area contributed by atoms with E-state index < -0.39 is 0 Å². The lowest BCUT2D eigenvalue weighted by molar-refractivity contribution is -0.142. The molecule has 1 N–H and O–H groups in total. The summed E-state index contributed by atoms with van der Waals surface area (Å²) in [6.45, 7) is 7.28. The summed E-state index contributed by atoms with van der Waals surface area (Å²) >= 11 is 0. The van der Waals surface area contributed by atoms with Crippen molar-refractivity contribution >= 4 is 11.8 Å². The molecule has 0 bridgehead atoms. The van der Waals surface area contributed by atoms with Crippen LogP contribution in [0, 0.1) is 5.92 Å². The third-order valence-corrected chi connectivity index (χ3v) is 5.15. The molecule has 0 aromatic carbocycles. The van der Waals surface area contributed by atoms with Crippen molar-refractivity contribution in [1.29, 1.82) is 0 Å². The Hall–Kier alpha value is -1.14. The molecule has 6 nitrogen and oxygen atoms in total. The molecule has 0 saturated carbocycles. The number of nitrogens with zero attached hydrogens (tertiary/aromatic N) is 3. The zero-order chi connectivity index (χ0) is 15.4. The van der Waals surface area contributed by atoms with E-state index in [2.05, 4.69) is 10.2 Å². The molecule has 3 saturated heterocycles. The first-order valence-electron chi connectivity index (χ1n) is 8.73. The van der Waals surface area contributed by atoms with Crippen LogP contribution in [0.3, 0.4) is 0 Å². The van der Waals surface area contributed by atoms with Crippen molar-refractivity contribution in [1.82, 2.24) is 20.0 Å². The summed E-state index contributed by atoms with van der Waals surface area (Å²) in [5.74, 6) is 0.646. The van der Waals surface area contributed by atoms with E-state index in [1.807, 2.05) is 9.80 Å². The molecule has 3 aliphatic heterocycles. The molecule has 0 aromatic rings. The van der Waals surface area contributed by atoms with Crippen molar-refractivity contribution in [2.75, 3.05) is 58.9 Å². The van der Waals surface area contributed by atoms with Gasteiger partial charge in [0, 0.05) is 32.7 Å². The van der Waals surface area contributed by atoms with Crippen LogP contribution in [0.1, 0.15) is 25.7 Å². The van der Waals surface area contributed by atoms with Crippen LogP contribution in [-0.2, 0) is 9.59 Å². The zero-order valence-corrected chi connectivity index (χ0v) is 13.4. The minimum Gasteiger partial charge on any atom is -0.339 e. The van der Waals surface area contributed by atoms with Crippen LogP contribution in [0.4, 0.5) is 0 Å².